The van der Waals surface area contributed by atoms with E-state index in [2.05, 4.69) is 10.6 Å². The van der Waals surface area contributed by atoms with Crippen LogP contribution >= 0.6 is 0 Å². The molecule has 1 aliphatic carbocycles. The molecule has 1 saturated carbocycles. The maximum absolute atomic E-state index is 12.8. The number of primary amides is 1. The number of nitrogens with one attached hydrogen (secondary N) is 2. The second kappa shape index (κ2) is 10.4. The SMILES string of the molecule is NC(=O)C1CCC(CCCC(=O)NCc2ccc3c(c2)CN(C2CCC(=O)NC2=O)C3=O)CC1. The molecule has 3 aliphatic rings. The third-order valence-corrected chi connectivity index (χ3v) is 7.34. The molecule has 1 aromatic rings. The Morgan fingerprint density at radius 3 is 2.56 bits per heavy atom. The summed E-state index contributed by atoms with van der Waals surface area (Å²) < 4.78 is 0. The van der Waals surface area contributed by atoms with Crippen molar-refractivity contribution in [2.45, 2.75) is 76.9 Å². The van der Waals surface area contributed by atoms with Gasteiger partial charge in [0.15, 0.2) is 0 Å². The minimum absolute atomic E-state index is 0.00688. The van der Waals surface area contributed by atoms with E-state index in [1.165, 1.54) is 4.90 Å². The minimum Gasteiger partial charge on any atom is -0.369 e. The molecule has 2 heterocycles. The molecule has 9 nitrogen and oxygen atoms in total. The average molecular weight is 469 g/mol. The van der Waals surface area contributed by atoms with Crippen molar-refractivity contribution < 1.29 is 24.0 Å². The van der Waals surface area contributed by atoms with Crippen LogP contribution in [0.1, 0.15) is 79.3 Å². The number of carbonyl (C=O) groups is 5. The summed E-state index contributed by atoms with van der Waals surface area (Å²) in [6, 6.07) is 4.83. The molecule has 0 spiro atoms. The van der Waals surface area contributed by atoms with E-state index in [4.69, 9.17) is 5.73 Å². The molecule has 4 rings (SSSR count). The molecule has 1 saturated heterocycles. The van der Waals surface area contributed by atoms with Gasteiger partial charge in [0.05, 0.1) is 0 Å². The Hall–Kier alpha value is -3.23. The van der Waals surface area contributed by atoms with Crippen LogP contribution in [0.15, 0.2) is 18.2 Å². The van der Waals surface area contributed by atoms with Gasteiger partial charge in [-0.2, -0.15) is 0 Å². The van der Waals surface area contributed by atoms with Crippen molar-refractivity contribution in [1.29, 1.82) is 0 Å². The van der Waals surface area contributed by atoms with Crippen LogP contribution in [0, 0.1) is 11.8 Å². The maximum atomic E-state index is 12.8. The molecular formula is C25H32N4O5. The van der Waals surface area contributed by atoms with Crippen molar-refractivity contribution in [2.24, 2.45) is 17.6 Å². The smallest absolute Gasteiger partial charge is 0.255 e. The second-order valence-corrected chi connectivity index (χ2v) is 9.68. The van der Waals surface area contributed by atoms with Gasteiger partial charge in [-0.3, -0.25) is 29.3 Å². The van der Waals surface area contributed by atoms with Crippen LogP contribution in [0.5, 0.6) is 0 Å². The number of nitrogens with two attached hydrogens (primary N) is 1. The van der Waals surface area contributed by atoms with Gasteiger partial charge in [0.1, 0.15) is 6.04 Å². The Balaban J connectivity index is 1.21. The Morgan fingerprint density at radius 1 is 1.09 bits per heavy atom. The topological polar surface area (TPSA) is 139 Å². The number of hydrogen-bond acceptors (Lipinski definition) is 5. The molecule has 1 aromatic carbocycles. The van der Waals surface area contributed by atoms with Gasteiger partial charge in [0.2, 0.25) is 23.6 Å². The fraction of sp³-hybridized carbons (Fsp3) is 0.560. The van der Waals surface area contributed by atoms with E-state index in [-0.39, 0.29) is 36.0 Å². The summed E-state index contributed by atoms with van der Waals surface area (Å²) in [5.74, 6) is -0.567. The monoisotopic (exact) mass is 468 g/mol. The number of nitrogens with zero attached hydrogens (tertiary/aromatic N) is 1. The lowest BCUT2D eigenvalue weighted by atomic mass is 9.79. The van der Waals surface area contributed by atoms with Crippen LogP contribution in [0.4, 0.5) is 0 Å². The highest BCUT2D eigenvalue weighted by Crippen LogP contribution is 2.32. The lowest BCUT2D eigenvalue weighted by Crippen LogP contribution is -2.52. The van der Waals surface area contributed by atoms with Gasteiger partial charge in [-0.15, -0.1) is 0 Å². The van der Waals surface area contributed by atoms with Crippen molar-refractivity contribution in [3.05, 3.63) is 34.9 Å². The van der Waals surface area contributed by atoms with Crippen LogP contribution in [0.3, 0.4) is 0 Å². The molecule has 4 N–H and O–H groups in total. The summed E-state index contributed by atoms with van der Waals surface area (Å²) in [4.78, 5) is 61.4. The average Bonchev–Trinajstić information content (AvgIpc) is 3.13. The highest BCUT2D eigenvalue weighted by atomic mass is 16.2. The molecule has 2 aliphatic heterocycles. The molecule has 2 fully saturated rings. The summed E-state index contributed by atoms with van der Waals surface area (Å²) >= 11 is 0. The number of amides is 5. The fourth-order valence-electron chi connectivity index (χ4n) is 5.31. The lowest BCUT2D eigenvalue weighted by molar-refractivity contribution is -0.137. The van der Waals surface area contributed by atoms with Crippen molar-refractivity contribution in [1.82, 2.24) is 15.5 Å². The summed E-state index contributed by atoms with van der Waals surface area (Å²) in [5.41, 5.74) is 7.67. The molecule has 0 aromatic heterocycles. The Labute approximate surface area is 198 Å². The molecule has 182 valence electrons. The van der Waals surface area contributed by atoms with Crippen molar-refractivity contribution in [3.63, 3.8) is 0 Å². The molecular weight excluding hydrogens is 436 g/mol. The quantitative estimate of drug-likeness (QED) is 0.497. The predicted molar refractivity (Wildman–Crippen MR) is 123 cm³/mol. The number of imide groups is 1. The number of hydrogen-bond donors (Lipinski definition) is 3. The van der Waals surface area contributed by atoms with E-state index in [0.717, 1.165) is 49.7 Å². The van der Waals surface area contributed by atoms with E-state index in [1.54, 1.807) is 6.07 Å². The molecule has 34 heavy (non-hydrogen) atoms. The van der Waals surface area contributed by atoms with Crippen LogP contribution < -0.4 is 16.4 Å². The number of piperidine rings is 1. The zero-order valence-corrected chi connectivity index (χ0v) is 19.3. The predicted octanol–water partition coefficient (Wildman–Crippen LogP) is 1.53. The number of rotatable bonds is 8. The van der Waals surface area contributed by atoms with Crippen LogP contribution in [-0.2, 0) is 32.3 Å². The number of carbonyl (C=O) groups excluding carboxylic acids is 5. The van der Waals surface area contributed by atoms with E-state index < -0.39 is 11.9 Å². The molecule has 0 bridgehead atoms. The Kier molecular flexibility index (Phi) is 7.29. The minimum atomic E-state index is -0.633. The van der Waals surface area contributed by atoms with E-state index >= 15 is 0 Å². The van der Waals surface area contributed by atoms with E-state index in [1.807, 2.05) is 12.1 Å². The first-order valence-electron chi connectivity index (χ1n) is 12.1. The highest BCUT2D eigenvalue weighted by Gasteiger charge is 2.39. The third-order valence-electron chi connectivity index (χ3n) is 7.34. The summed E-state index contributed by atoms with van der Waals surface area (Å²) in [5, 5.41) is 5.25. The second-order valence-electron chi connectivity index (χ2n) is 9.68. The summed E-state index contributed by atoms with van der Waals surface area (Å²) in [6.07, 6.45) is 6.53. The fourth-order valence-corrected chi connectivity index (χ4v) is 5.31. The molecule has 1 atom stereocenters. The van der Waals surface area contributed by atoms with E-state index in [0.29, 0.717) is 37.4 Å². The molecule has 0 radical (unpaired) electrons. The maximum Gasteiger partial charge on any atom is 0.255 e. The standard InChI is InChI=1S/C25H32N4O5/c26-23(32)17-7-4-15(5-8-17)2-1-3-21(30)27-13-16-6-9-19-18(12-16)14-29(25(19)34)20-10-11-22(31)28-24(20)33/h6,9,12,15,17,20H,1-5,7-8,10-11,13-14H2,(H2,26,32)(H,27,30)(H,28,31,33). The van der Waals surface area contributed by atoms with Gasteiger partial charge in [-0.1, -0.05) is 12.1 Å². The normalized spacial score (nSPS) is 24.5. The number of fused-ring (bicyclic) bond motifs is 1. The van der Waals surface area contributed by atoms with Gasteiger partial charge >= 0.3 is 0 Å². The molecule has 9 heteroatoms. The first-order valence-corrected chi connectivity index (χ1v) is 12.1. The number of benzene rings is 1. The van der Waals surface area contributed by atoms with Crippen LogP contribution in [-0.4, -0.2) is 40.5 Å². The van der Waals surface area contributed by atoms with Crippen molar-refractivity contribution >= 4 is 29.5 Å². The Morgan fingerprint density at radius 2 is 1.85 bits per heavy atom. The molecule has 5 amide bonds. The van der Waals surface area contributed by atoms with Gasteiger partial charge in [0, 0.05) is 37.4 Å². The third kappa shape index (κ3) is 5.46. The van der Waals surface area contributed by atoms with Crippen molar-refractivity contribution in [2.75, 3.05) is 0 Å². The first-order chi connectivity index (χ1) is 16.3. The zero-order valence-electron chi connectivity index (χ0n) is 19.3. The highest BCUT2D eigenvalue weighted by molar-refractivity contribution is 6.05. The largest absolute Gasteiger partial charge is 0.369 e. The lowest BCUT2D eigenvalue weighted by Gasteiger charge is -2.29. The zero-order chi connectivity index (χ0) is 24.2. The van der Waals surface area contributed by atoms with Gasteiger partial charge < -0.3 is 16.0 Å². The first kappa shape index (κ1) is 23.9. The summed E-state index contributed by atoms with van der Waals surface area (Å²) in [6.45, 7) is 0.697. The van der Waals surface area contributed by atoms with Gasteiger partial charge in [-0.05, 0) is 68.1 Å². The molecule has 1 unspecified atom stereocenters. The van der Waals surface area contributed by atoms with Crippen LogP contribution in [0.2, 0.25) is 0 Å². The van der Waals surface area contributed by atoms with E-state index in [9.17, 15) is 24.0 Å². The van der Waals surface area contributed by atoms with Gasteiger partial charge in [0.25, 0.3) is 5.91 Å². The Bertz CT molecular complexity index is 999. The van der Waals surface area contributed by atoms with Crippen LogP contribution in [0.25, 0.3) is 0 Å². The van der Waals surface area contributed by atoms with Gasteiger partial charge in [-0.25, -0.2) is 0 Å². The summed E-state index contributed by atoms with van der Waals surface area (Å²) in [7, 11) is 0. The van der Waals surface area contributed by atoms with Crippen molar-refractivity contribution in [3.8, 4) is 0 Å².